The van der Waals surface area contributed by atoms with Crippen molar-refractivity contribution in [2.45, 2.75) is 33.1 Å². The highest BCUT2D eigenvalue weighted by Gasteiger charge is 2.34. The molecule has 1 saturated heterocycles. The van der Waals surface area contributed by atoms with Crippen LogP contribution >= 0.6 is 11.3 Å². The zero-order valence-corrected chi connectivity index (χ0v) is 15.7. The van der Waals surface area contributed by atoms with Crippen molar-refractivity contribution in [2.24, 2.45) is 16.3 Å². The second kappa shape index (κ2) is 10.0. The first-order valence-corrected chi connectivity index (χ1v) is 9.78. The first-order valence-electron chi connectivity index (χ1n) is 8.90. The third-order valence-corrected chi connectivity index (χ3v) is 5.39. The number of ether oxygens (including phenoxy) is 1. The molecule has 1 aliphatic rings. The fourth-order valence-corrected chi connectivity index (χ4v) is 3.86. The number of rotatable bonds is 9. The SMILES string of the molecule is CCNC(=NCC1(CCO)CCOC1)NCC(C)Cc1cccs1. The molecule has 0 saturated carbocycles. The van der Waals surface area contributed by atoms with Gasteiger partial charge in [-0.2, -0.15) is 0 Å². The topological polar surface area (TPSA) is 65.9 Å². The summed E-state index contributed by atoms with van der Waals surface area (Å²) in [6.07, 6.45) is 2.82. The third-order valence-electron chi connectivity index (χ3n) is 4.49. The average molecular weight is 354 g/mol. The molecule has 1 fully saturated rings. The number of aliphatic imine (C=N–C) groups is 1. The van der Waals surface area contributed by atoms with Crippen molar-refractivity contribution in [1.82, 2.24) is 10.6 Å². The summed E-state index contributed by atoms with van der Waals surface area (Å²) >= 11 is 1.82. The lowest BCUT2D eigenvalue weighted by atomic mass is 9.84. The van der Waals surface area contributed by atoms with Gasteiger partial charge in [0.05, 0.1) is 13.2 Å². The molecule has 0 radical (unpaired) electrons. The van der Waals surface area contributed by atoms with Gasteiger partial charge in [-0.1, -0.05) is 13.0 Å². The van der Waals surface area contributed by atoms with E-state index < -0.39 is 0 Å². The highest BCUT2D eigenvalue weighted by molar-refractivity contribution is 7.09. The molecular formula is C18H31N3O2S. The average Bonchev–Trinajstić information content (AvgIpc) is 3.23. The van der Waals surface area contributed by atoms with Crippen LogP contribution in [0.2, 0.25) is 0 Å². The number of guanidine groups is 1. The smallest absolute Gasteiger partial charge is 0.191 e. The summed E-state index contributed by atoms with van der Waals surface area (Å²) in [5.74, 6) is 1.41. The van der Waals surface area contributed by atoms with Gasteiger partial charge in [0.25, 0.3) is 0 Å². The molecule has 5 nitrogen and oxygen atoms in total. The molecule has 1 aliphatic heterocycles. The van der Waals surface area contributed by atoms with Gasteiger partial charge in [-0.15, -0.1) is 11.3 Å². The Labute approximate surface area is 149 Å². The van der Waals surface area contributed by atoms with E-state index in [0.29, 0.717) is 19.1 Å². The van der Waals surface area contributed by atoms with E-state index in [1.165, 1.54) is 4.88 Å². The van der Waals surface area contributed by atoms with Gasteiger partial charge >= 0.3 is 0 Å². The van der Waals surface area contributed by atoms with Crippen molar-refractivity contribution in [3.8, 4) is 0 Å². The van der Waals surface area contributed by atoms with Crippen molar-refractivity contribution in [3.63, 3.8) is 0 Å². The molecule has 0 aliphatic carbocycles. The van der Waals surface area contributed by atoms with Crippen molar-refractivity contribution in [2.75, 3.05) is 39.5 Å². The Hall–Kier alpha value is -1.11. The highest BCUT2D eigenvalue weighted by Crippen LogP contribution is 2.32. The molecule has 6 heteroatoms. The lowest BCUT2D eigenvalue weighted by Crippen LogP contribution is -2.41. The van der Waals surface area contributed by atoms with Gasteiger partial charge in [-0.3, -0.25) is 4.99 Å². The fourth-order valence-electron chi connectivity index (χ4n) is 2.99. The van der Waals surface area contributed by atoms with E-state index in [9.17, 15) is 5.11 Å². The Morgan fingerprint density at radius 2 is 2.38 bits per heavy atom. The summed E-state index contributed by atoms with van der Waals surface area (Å²) in [5.41, 5.74) is -0.000311. The normalized spacial score (nSPS) is 22.5. The van der Waals surface area contributed by atoms with Crippen LogP contribution in [0.4, 0.5) is 0 Å². The van der Waals surface area contributed by atoms with Gasteiger partial charge in [-0.05, 0) is 43.6 Å². The number of hydrogen-bond acceptors (Lipinski definition) is 4. The Balaban J connectivity index is 1.85. The molecule has 2 rings (SSSR count). The second-order valence-electron chi connectivity index (χ2n) is 6.74. The molecule has 2 heterocycles. The predicted molar refractivity (Wildman–Crippen MR) is 101 cm³/mol. The largest absolute Gasteiger partial charge is 0.396 e. The first kappa shape index (κ1) is 19.2. The Morgan fingerprint density at radius 3 is 3.00 bits per heavy atom. The van der Waals surface area contributed by atoms with Crippen LogP contribution in [0.25, 0.3) is 0 Å². The molecule has 0 bridgehead atoms. The van der Waals surface area contributed by atoms with Gasteiger partial charge in [0.1, 0.15) is 0 Å². The van der Waals surface area contributed by atoms with E-state index >= 15 is 0 Å². The number of nitrogens with one attached hydrogen (secondary N) is 2. The molecule has 3 N–H and O–H groups in total. The van der Waals surface area contributed by atoms with Crippen LogP contribution in [0.5, 0.6) is 0 Å². The van der Waals surface area contributed by atoms with Gasteiger partial charge in [-0.25, -0.2) is 0 Å². The lowest BCUT2D eigenvalue weighted by molar-refractivity contribution is 0.131. The zero-order chi connectivity index (χ0) is 17.3. The predicted octanol–water partition coefficient (Wildman–Crippen LogP) is 2.27. The summed E-state index contributed by atoms with van der Waals surface area (Å²) in [6, 6.07) is 4.30. The third kappa shape index (κ3) is 6.07. The van der Waals surface area contributed by atoms with Crippen LogP contribution in [0, 0.1) is 11.3 Å². The Kier molecular flexibility index (Phi) is 8.02. The van der Waals surface area contributed by atoms with Crippen LogP contribution in [-0.4, -0.2) is 50.5 Å². The monoisotopic (exact) mass is 353 g/mol. The summed E-state index contributed by atoms with van der Waals surface area (Å²) in [4.78, 5) is 6.19. The molecule has 136 valence electrons. The minimum Gasteiger partial charge on any atom is -0.396 e. The Morgan fingerprint density at radius 1 is 1.50 bits per heavy atom. The van der Waals surface area contributed by atoms with Crippen LogP contribution in [-0.2, 0) is 11.2 Å². The lowest BCUT2D eigenvalue weighted by Gasteiger charge is -2.25. The molecule has 0 spiro atoms. The minimum atomic E-state index is -0.000311. The first-order chi connectivity index (χ1) is 11.7. The fraction of sp³-hybridized carbons (Fsp3) is 0.722. The molecule has 0 aromatic carbocycles. The number of thiophene rings is 1. The van der Waals surface area contributed by atoms with Gasteiger partial charge < -0.3 is 20.5 Å². The molecule has 1 aromatic heterocycles. The summed E-state index contributed by atoms with van der Waals surface area (Å²) < 4.78 is 5.54. The zero-order valence-electron chi connectivity index (χ0n) is 14.9. The van der Waals surface area contributed by atoms with Crippen molar-refractivity contribution in [3.05, 3.63) is 22.4 Å². The van der Waals surface area contributed by atoms with E-state index in [4.69, 9.17) is 9.73 Å². The number of hydrogen-bond donors (Lipinski definition) is 3. The molecule has 2 atom stereocenters. The summed E-state index contributed by atoms with van der Waals surface area (Å²) in [5, 5.41) is 18.2. The van der Waals surface area contributed by atoms with Crippen molar-refractivity contribution in [1.29, 1.82) is 0 Å². The van der Waals surface area contributed by atoms with Crippen LogP contribution in [0.1, 0.15) is 31.6 Å². The van der Waals surface area contributed by atoms with Gasteiger partial charge in [0.2, 0.25) is 0 Å². The number of aliphatic hydroxyl groups is 1. The van der Waals surface area contributed by atoms with E-state index in [1.807, 2.05) is 11.3 Å². The Bertz CT molecular complexity index is 484. The maximum absolute atomic E-state index is 9.32. The molecule has 0 amide bonds. The minimum absolute atomic E-state index is 0.000311. The number of aliphatic hydroxyl groups excluding tert-OH is 1. The van der Waals surface area contributed by atoms with Crippen LogP contribution in [0.15, 0.2) is 22.5 Å². The van der Waals surface area contributed by atoms with E-state index in [0.717, 1.165) is 44.9 Å². The van der Waals surface area contributed by atoms with Crippen molar-refractivity contribution < 1.29 is 9.84 Å². The molecule has 24 heavy (non-hydrogen) atoms. The quantitative estimate of drug-likeness (QED) is 0.471. The maximum atomic E-state index is 9.32. The van der Waals surface area contributed by atoms with Crippen molar-refractivity contribution >= 4 is 17.3 Å². The second-order valence-corrected chi connectivity index (χ2v) is 7.77. The summed E-state index contributed by atoms with van der Waals surface area (Å²) in [6.45, 7) is 8.44. The standard InChI is InChI=1S/C18H31N3O2S/c1-3-19-17(20-12-15(2)11-16-5-4-10-24-16)21-13-18(6-8-22)7-9-23-14-18/h4-5,10,15,22H,3,6-9,11-14H2,1-2H3,(H2,19,20,21). The molecular weight excluding hydrogens is 322 g/mol. The summed E-state index contributed by atoms with van der Waals surface area (Å²) in [7, 11) is 0. The molecule has 2 unspecified atom stereocenters. The van der Waals surface area contributed by atoms with Gasteiger partial charge in [0, 0.05) is 36.6 Å². The van der Waals surface area contributed by atoms with E-state index in [2.05, 4.69) is 42.0 Å². The van der Waals surface area contributed by atoms with Crippen LogP contribution in [0.3, 0.4) is 0 Å². The number of nitrogens with zero attached hydrogens (tertiary/aromatic N) is 1. The molecule has 1 aromatic rings. The van der Waals surface area contributed by atoms with E-state index in [1.54, 1.807) is 0 Å². The van der Waals surface area contributed by atoms with Gasteiger partial charge in [0.15, 0.2) is 5.96 Å². The van der Waals surface area contributed by atoms with E-state index in [-0.39, 0.29) is 12.0 Å². The van der Waals surface area contributed by atoms with Crippen LogP contribution < -0.4 is 10.6 Å². The maximum Gasteiger partial charge on any atom is 0.191 e. The highest BCUT2D eigenvalue weighted by atomic mass is 32.1.